The molecule has 0 aromatic rings. The molecule has 3 nitrogen and oxygen atoms in total. The summed E-state index contributed by atoms with van der Waals surface area (Å²) in [6, 6.07) is 0. The van der Waals surface area contributed by atoms with Gasteiger partial charge < -0.3 is 14.9 Å². The largest absolute Gasteiger partial charge is 0.392 e. The van der Waals surface area contributed by atoms with Crippen molar-refractivity contribution in [3.63, 3.8) is 0 Å². The molecule has 0 spiro atoms. The van der Waals surface area contributed by atoms with Crippen molar-refractivity contribution in [2.75, 3.05) is 13.7 Å². The first kappa shape index (κ1) is 18.0. The van der Waals surface area contributed by atoms with Crippen LogP contribution in [0.1, 0.15) is 53.4 Å². The Labute approximate surface area is 146 Å². The van der Waals surface area contributed by atoms with Gasteiger partial charge in [0.25, 0.3) is 0 Å². The Morgan fingerprint density at radius 2 is 2.12 bits per heavy atom. The molecule has 0 bridgehead atoms. The summed E-state index contributed by atoms with van der Waals surface area (Å²) >= 11 is 0. The summed E-state index contributed by atoms with van der Waals surface area (Å²) in [5, 5.41) is 22.1. The van der Waals surface area contributed by atoms with Gasteiger partial charge in [-0.3, -0.25) is 0 Å². The van der Waals surface area contributed by atoms with Gasteiger partial charge in [0.05, 0.1) is 19.1 Å². The van der Waals surface area contributed by atoms with E-state index in [1.54, 1.807) is 7.11 Å². The highest BCUT2D eigenvalue weighted by Gasteiger charge is 2.53. The number of hydrogen-bond acceptors (Lipinski definition) is 3. The predicted molar refractivity (Wildman–Crippen MR) is 96.3 cm³/mol. The number of aliphatic hydroxyl groups excluding tert-OH is 1. The highest BCUT2D eigenvalue weighted by molar-refractivity contribution is 5.44. The Hall–Kier alpha value is -0.770. The molecule has 3 aliphatic carbocycles. The maximum Gasteiger partial charge on any atom is 0.145 e. The average Bonchev–Trinajstić information content (AvgIpc) is 2.98. The molecule has 1 saturated carbocycles. The molecule has 1 fully saturated rings. The van der Waals surface area contributed by atoms with Crippen molar-refractivity contribution in [1.29, 1.82) is 0 Å². The fraction of sp³-hybridized carbons (Fsp3) is 0.762. The monoisotopic (exact) mass is 333 g/mol. The fourth-order valence-corrected chi connectivity index (χ4v) is 5.20. The van der Waals surface area contributed by atoms with E-state index in [-0.39, 0.29) is 23.4 Å². The second-order valence-corrected chi connectivity index (χ2v) is 8.69. The summed E-state index contributed by atoms with van der Waals surface area (Å²) in [7, 11) is 1.65. The van der Waals surface area contributed by atoms with Gasteiger partial charge in [-0.2, -0.15) is 0 Å². The lowest BCUT2D eigenvalue weighted by molar-refractivity contribution is -0.000935. The topological polar surface area (TPSA) is 49.7 Å². The minimum absolute atomic E-state index is 0.152. The molecular weight excluding hydrogens is 300 g/mol. The summed E-state index contributed by atoms with van der Waals surface area (Å²) in [5.74, 6) is 0.902. The zero-order valence-electron chi connectivity index (χ0n) is 15.8. The molecule has 2 N–H and O–H groups in total. The van der Waals surface area contributed by atoms with Crippen LogP contribution in [-0.2, 0) is 4.74 Å². The van der Waals surface area contributed by atoms with Crippen LogP contribution in [0.5, 0.6) is 0 Å². The Bertz CT molecular complexity index is 561. The zero-order chi connectivity index (χ0) is 17.7. The van der Waals surface area contributed by atoms with E-state index in [0.29, 0.717) is 12.5 Å². The van der Waals surface area contributed by atoms with Crippen molar-refractivity contribution in [2.45, 2.75) is 65.1 Å². The second-order valence-electron chi connectivity index (χ2n) is 8.69. The molecule has 0 amide bonds. The normalized spacial score (nSPS) is 44.5. The minimum Gasteiger partial charge on any atom is -0.392 e. The van der Waals surface area contributed by atoms with Crippen LogP contribution in [0.3, 0.4) is 0 Å². The number of aliphatic hydroxyl groups is 2. The lowest BCUT2D eigenvalue weighted by Crippen LogP contribution is -2.38. The molecule has 0 aromatic heterocycles. The van der Waals surface area contributed by atoms with E-state index in [4.69, 9.17) is 4.74 Å². The third-order valence-electron chi connectivity index (χ3n) is 6.78. The molecule has 0 aliphatic heterocycles. The maximum atomic E-state index is 11.2. The SMILES string of the molecule is COC[C@@]1(O)CC[C@@H]2/C1=C\[C@@]1(C)[CH+]CC(C(C)C)=C1C[C@H](O)[C@@H]2C. The van der Waals surface area contributed by atoms with Crippen LogP contribution >= 0.6 is 0 Å². The van der Waals surface area contributed by atoms with E-state index in [2.05, 4.69) is 40.2 Å². The molecule has 3 aliphatic rings. The van der Waals surface area contributed by atoms with Gasteiger partial charge >= 0.3 is 0 Å². The first-order valence-corrected chi connectivity index (χ1v) is 9.41. The number of ether oxygens (including phenoxy) is 1. The fourth-order valence-electron chi connectivity index (χ4n) is 5.20. The van der Waals surface area contributed by atoms with Gasteiger partial charge in [0.1, 0.15) is 17.4 Å². The molecule has 24 heavy (non-hydrogen) atoms. The van der Waals surface area contributed by atoms with Crippen molar-refractivity contribution in [1.82, 2.24) is 0 Å². The number of rotatable bonds is 3. The number of fused-ring (bicyclic) bond motifs is 2. The van der Waals surface area contributed by atoms with Crippen LogP contribution in [0.4, 0.5) is 0 Å². The summed E-state index contributed by atoms with van der Waals surface area (Å²) in [6.07, 6.45) is 7.73. The lowest BCUT2D eigenvalue weighted by Gasteiger charge is -2.36. The summed E-state index contributed by atoms with van der Waals surface area (Å²) in [5.41, 5.74) is 2.90. The van der Waals surface area contributed by atoms with E-state index in [1.807, 2.05) is 0 Å². The van der Waals surface area contributed by atoms with Gasteiger partial charge in [-0.15, -0.1) is 0 Å². The zero-order valence-corrected chi connectivity index (χ0v) is 15.8. The molecule has 0 aromatic carbocycles. The standard InChI is InChI=1S/C21H33O3/c1-13(2)15-6-8-20(4)11-18-16(7-9-21(18,23)12-24-5)14(3)19(22)10-17(15)20/h8,11,13-14,16,19,22-23H,6-7,9-10,12H2,1-5H3/q+1/b18-11+/t14-,16+,19+,20-,21+/m1/s1. The third-order valence-corrected chi connectivity index (χ3v) is 6.78. The Morgan fingerprint density at radius 1 is 1.42 bits per heavy atom. The quantitative estimate of drug-likeness (QED) is 0.612. The van der Waals surface area contributed by atoms with Gasteiger partial charge in [0.15, 0.2) is 0 Å². The van der Waals surface area contributed by atoms with Crippen LogP contribution in [-0.4, -0.2) is 35.6 Å². The molecule has 0 radical (unpaired) electrons. The van der Waals surface area contributed by atoms with Crippen molar-refractivity contribution >= 4 is 0 Å². The first-order valence-electron chi connectivity index (χ1n) is 9.41. The van der Waals surface area contributed by atoms with Gasteiger partial charge in [-0.25, -0.2) is 0 Å². The molecule has 134 valence electrons. The van der Waals surface area contributed by atoms with Gasteiger partial charge in [0, 0.05) is 13.5 Å². The van der Waals surface area contributed by atoms with Crippen LogP contribution < -0.4 is 0 Å². The Kier molecular flexibility index (Phi) is 4.65. The molecule has 5 atom stereocenters. The van der Waals surface area contributed by atoms with Gasteiger partial charge in [0.2, 0.25) is 0 Å². The molecule has 3 rings (SSSR count). The number of hydrogen-bond donors (Lipinski definition) is 2. The molecule has 0 saturated heterocycles. The van der Waals surface area contributed by atoms with Crippen LogP contribution in [0.15, 0.2) is 22.8 Å². The van der Waals surface area contributed by atoms with E-state index in [9.17, 15) is 10.2 Å². The van der Waals surface area contributed by atoms with Crippen LogP contribution in [0.25, 0.3) is 0 Å². The van der Waals surface area contributed by atoms with Crippen molar-refractivity contribution in [3.05, 3.63) is 29.2 Å². The summed E-state index contributed by atoms with van der Waals surface area (Å²) < 4.78 is 5.34. The first-order chi connectivity index (χ1) is 11.2. The maximum absolute atomic E-state index is 11.2. The van der Waals surface area contributed by atoms with Gasteiger partial charge in [-0.05, 0) is 60.3 Å². The Balaban J connectivity index is 2.12. The highest BCUT2D eigenvalue weighted by Crippen LogP contribution is 2.55. The van der Waals surface area contributed by atoms with Crippen molar-refractivity contribution < 1.29 is 14.9 Å². The number of methoxy groups -OCH3 is 1. The number of allylic oxidation sites excluding steroid dienone is 2. The van der Waals surface area contributed by atoms with E-state index >= 15 is 0 Å². The molecule has 0 heterocycles. The smallest absolute Gasteiger partial charge is 0.145 e. The molecule has 0 unspecified atom stereocenters. The van der Waals surface area contributed by atoms with Crippen molar-refractivity contribution in [2.24, 2.45) is 23.2 Å². The highest BCUT2D eigenvalue weighted by atomic mass is 16.5. The van der Waals surface area contributed by atoms with E-state index in [1.165, 1.54) is 11.1 Å². The van der Waals surface area contributed by atoms with Gasteiger partial charge in [-0.1, -0.05) is 20.8 Å². The van der Waals surface area contributed by atoms with Crippen molar-refractivity contribution in [3.8, 4) is 0 Å². The van der Waals surface area contributed by atoms with E-state index < -0.39 is 5.60 Å². The lowest BCUT2D eigenvalue weighted by atomic mass is 9.69. The molecular formula is C21H33O3+. The second kappa shape index (κ2) is 6.19. The third kappa shape index (κ3) is 2.75. The van der Waals surface area contributed by atoms with E-state index in [0.717, 1.165) is 31.3 Å². The molecule has 3 heteroatoms. The predicted octanol–water partition coefficient (Wildman–Crippen LogP) is 3.67. The summed E-state index contributed by atoms with van der Waals surface area (Å²) in [6.45, 7) is 9.20. The minimum atomic E-state index is -0.882. The van der Waals surface area contributed by atoms with Crippen LogP contribution in [0.2, 0.25) is 0 Å². The average molecular weight is 333 g/mol. The summed E-state index contributed by atoms with van der Waals surface area (Å²) in [4.78, 5) is 0. The van der Waals surface area contributed by atoms with Crippen LogP contribution in [0, 0.1) is 29.6 Å². The Morgan fingerprint density at radius 3 is 2.75 bits per heavy atom.